The fourth-order valence-corrected chi connectivity index (χ4v) is 4.82. The minimum Gasteiger partial charge on any atom is -0.381 e. The predicted octanol–water partition coefficient (Wildman–Crippen LogP) is 1.18. The average molecular weight is 402 g/mol. The summed E-state index contributed by atoms with van der Waals surface area (Å²) in [6, 6.07) is 3.71. The average Bonchev–Trinajstić information content (AvgIpc) is 3.13. The quantitative estimate of drug-likeness (QED) is 0.816. The molecule has 3 aliphatic rings. The molecule has 1 N–H and O–H groups in total. The highest BCUT2D eigenvalue weighted by Crippen LogP contribution is 2.29. The second-order valence-corrected chi connectivity index (χ2v) is 8.56. The lowest BCUT2D eigenvalue weighted by Crippen LogP contribution is -2.44. The third-order valence-electron chi connectivity index (χ3n) is 6.51. The van der Waals surface area contributed by atoms with Gasteiger partial charge in [0.2, 0.25) is 11.8 Å². The van der Waals surface area contributed by atoms with Crippen LogP contribution in [0.15, 0.2) is 16.9 Å². The summed E-state index contributed by atoms with van der Waals surface area (Å²) < 4.78 is 6.97. The maximum absolute atomic E-state index is 12.8. The molecule has 1 saturated carbocycles. The number of carbonyl (C=O) groups excluding carboxylic acids is 2. The first-order valence-corrected chi connectivity index (χ1v) is 10.8. The van der Waals surface area contributed by atoms with Gasteiger partial charge in [-0.1, -0.05) is 0 Å². The van der Waals surface area contributed by atoms with Crippen molar-refractivity contribution in [3.63, 3.8) is 0 Å². The number of hydrogen-bond donors (Lipinski definition) is 1. The van der Waals surface area contributed by atoms with E-state index in [1.54, 1.807) is 16.8 Å². The first-order chi connectivity index (χ1) is 14.0. The van der Waals surface area contributed by atoms with Gasteiger partial charge in [0, 0.05) is 44.3 Å². The molecule has 0 aromatic carbocycles. The molecule has 3 heterocycles. The fourth-order valence-electron chi connectivity index (χ4n) is 4.82. The van der Waals surface area contributed by atoms with Gasteiger partial charge in [-0.15, -0.1) is 0 Å². The predicted molar refractivity (Wildman–Crippen MR) is 106 cm³/mol. The van der Waals surface area contributed by atoms with E-state index in [1.807, 2.05) is 11.8 Å². The number of nitrogens with one attached hydrogen (secondary N) is 1. The maximum atomic E-state index is 12.8. The Morgan fingerprint density at radius 2 is 1.79 bits per heavy atom. The van der Waals surface area contributed by atoms with Crippen LogP contribution >= 0.6 is 0 Å². The molecule has 8 heteroatoms. The molecule has 2 aliphatic heterocycles. The molecule has 0 radical (unpaired) electrons. The third kappa shape index (κ3) is 4.52. The molecule has 1 aromatic heterocycles. The lowest BCUT2D eigenvalue weighted by atomic mass is 9.90. The van der Waals surface area contributed by atoms with Gasteiger partial charge in [0.25, 0.3) is 5.56 Å². The zero-order valence-corrected chi connectivity index (χ0v) is 17.0. The summed E-state index contributed by atoms with van der Waals surface area (Å²) in [5.41, 5.74) is 0.765. The van der Waals surface area contributed by atoms with Crippen molar-refractivity contribution in [3.8, 4) is 0 Å². The summed E-state index contributed by atoms with van der Waals surface area (Å²) >= 11 is 0. The van der Waals surface area contributed by atoms with Crippen LogP contribution in [0.4, 0.5) is 0 Å². The van der Waals surface area contributed by atoms with Crippen molar-refractivity contribution in [1.29, 1.82) is 0 Å². The van der Waals surface area contributed by atoms with Crippen LogP contribution in [0.3, 0.4) is 0 Å². The number of ether oxygens (including phenoxy) is 1. The minimum atomic E-state index is -0.260. The second-order valence-electron chi connectivity index (χ2n) is 8.56. The summed E-state index contributed by atoms with van der Waals surface area (Å²) in [6.45, 7) is 3.78. The SMILES string of the molecule is Cc1ccc(=O)n(C2CCC(NC(=O)C3CC(=O)N(C4CCOCC4)C3)CC2)n1. The molecule has 2 saturated heterocycles. The van der Waals surface area contributed by atoms with E-state index in [0.29, 0.717) is 26.2 Å². The lowest BCUT2D eigenvalue weighted by molar-refractivity contribution is -0.131. The molecule has 2 amide bonds. The van der Waals surface area contributed by atoms with Crippen molar-refractivity contribution in [3.05, 3.63) is 28.2 Å². The van der Waals surface area contributed by atoms with Gasteiger partial charge in [-0.05, 0) is 51.5 Å². The van der Waals surface area contributed by atoms with Gasteiger partial charge in [0.1, 0.15) is 0 Å². The first-order valence-electron chi connectivity index (χ1n) is 10.8. The zero-order valence-electron chi connectivity index (χ0n) is 17.0. The van der Waals surface area contributed by atoms with Gasteiger partial charge in [-0.2, -0.15) is 5.10 Å². The Kier molecular flexibility index (Phi) is 5.99. The Labute approximate surface area is 170 Å². The van der Waals surface area contributed by atoms with E-state index in [4.69, 9.17) is 4.74 Å². The summed E-state index contributed by atoms with van der Waals surface area (Å²) in [7, 11) is 0. The number of carbonyl (C=O) groups is 2. The minimum absolute atomic E-state index is 0.0118. The molecule has 158 valence electrons. The number of rotatable bonds is 4. The van der Waals surface area contributed by atoms with Crippen LogP contribution in [-0.4, -0.2) is 58.3 Å². The van der Waals surface area contributed by atoms with Crippen molar-refractivity contribution in [1.82, 2.24) is 20.0 Å². The van der Waals surface area contributed by atoms with Crippen molar-refractivity contribution >= 4 is 11.8 Å². The highest BCUT2D eigenvalue weighted by molar-refractivity contribution is 5.89. The van der Waals surface area contributed by atoms with Gasteiger partial charge in [-0.25, -0.2) is 4.68 Å². The van der Waals surface area contributed by atoms with E-state index < -0.39 is 0 Å². The van der Waals surface area contributed by atoms with Gasteiger partial charge in [0.15, 0.2) is 0 Å². The molecule has 4 rings (SSSR count). The molecule has 1 unspecified atom stereocenters. The Morgan fingerprint density at radius 1 is 1.07 bits per heavy atom. The van der Waals surface area contributed by atoms with E-state index in [0.717, 1.165) is 44.2 Å². The van der Waals surface area contributed by atoms with Crippen molar-refractivity contribution in [2.45, 2.75) is 70.0 Å². The molecule has 0 spiro atoms. The zero-order chi connectivity index (χ0) is 20.4. The Hall–Kier alpha value is -2.22. The van der Waals surface area contributed by atoms with Crippen molar-refractivity contribution < 1.29 is 14.3 Å². The van der Waals surface area contributed by atoms with Gasteiger partial charge in [0.05, 0.1) is 17.7 Å². The largest absolute Gasteiger partial charge is 0.381 e. The summed E-state index contributed by atoms with van der Waals surface area (Å²) in [5.74, 6) is -0.183. The summed E-state index contributed by atoms with van der Waals surface area (Å²) in [5, 5.41) is 7.52. The van der Waals surface area contributed by atoms with E-state index in [-0.39, 0.29) is 41.4 Å². The number of nitrogens with zero attached hydrogens (tertiary/aromatic N) is 3. The maximum Gasteiger partial charge on any atom is 0.267 e. The van der Waals surface area contributed by atoms with Crippen LogP contribution in [0.5, 0.6) is 0 Å². The molecule has 1 aromatic rings. The molecule has 1 atom stereocenters. The van der Waals surface area contributed by atoms with Crippen LogP contribution in [0, 0.1) is 12.8 Å². The molecule has 8 nitrogen and oxygen atoms in total. The van der Waals surface area contributed by atoms with Crippen molar-refractivity contribution in [2.75, 3.05) is 19.8 Å². The van der Waals surface area contributed by atoms with E-state index in [9.17, 15) is 14.4 Å². The summed E-state index contributed by atoms with van der Waals surface area (Å²) in [4.78, 5) is 39.1. The number of amides is 2. The molecule has 1 aliphatic carbocycles. The van der Waals surface area contributed by atoms with Crippen LogP contribution in [-0.2, 0) is 14.3 Å². The number of aryl methyl sites for hydroxylation is 1. The molecule has 0 bridgehead atoms. The van der Waals surface area contributed by atoms with Gasteiger partial charge in [-0.3, -0.25) is 14.4 Å². The normalized spacial score (nSPS) is 28.5. The van der Waals surface area contributed by atoms with Gasteiger partial charge >= 0.3 is 0 Å². The standard InChI is InChI=1S/C21H30N4O4/c1-14-2-7-19(26)25(23-14)18-5-3-16(4-6-18)22-21(28)15-12-20(27)24(13-15)17-8-10-29-11-9-17/h2,7,15-18H,3-6,8-13H2,1H3,(H,22,28). The summed E-state index contributed by atoms with van der Waals surface area (Å²) in [6.07, 6.45) is 5.30. The molecule has 3 fully saturated rings. The molecular formula is C21H30N4O4. The smallest absolute Gasteiger partial charge is 0.267 e. The highest BCUT2D eigenvalue weighted by atomic mass is 16.5. The van der Waals surface area contributed by atoms with Gasteiger partial charge < -0.3 is 15.0 Å². The topological polar surface area (TPSA) is 93.5 Å². The number of aromatic nitrogens is 2. The molecule has 29 heavy (non-hydrogen) atoms. The second kappa shape index (κ2) is 8.65. The Morgan fingerprint density at radius 3 is 2.52 bits per heavy atom. The van der Waals surface area contributed by atoms with Crippen LogP contribution in [0.25, 0.3) is 0 Å². The highest BCUT2D eigenvalue weighted by Gasteiger charge is 2.39. The monoisotopic (exact) mass is 402 g/mol. The van der Waals surface area contributed by atoms with Crippen molar-refractivity contribution in [2.24, 2.45) is 5.92 Å². The Bertz CT molecular complexity index is 809. The number of likely N-dealkylation sites (tertiary alicyclic amines) is 1. The fraction of sp³-hybridized carbons (Fsp3) is 0.714. The van der Waals surface area contributed by atoms with Crippen LogP contribution in [0.2, 0.25) is 0 Å². The van der Waals surface area contributed by atoms with E-state index in [1.165, 1.54) is 0 Å². The molecular weight excluding hydrogens is 372 g/mol. The third-order valence-corrected chi connectivity index (χ3v) is 6.51. The van der Waals surface area contributed by atoms with Crippen LogP contribution in [0.1, 0.15) is 56.7 Å². The van der Waals surface area contributed by atoms with E-state index >= 15 is 0 Å². The Balaban J connectivity index is 1.28. The van der Waals surface area contributed by atoms with Crippen LogP contribution < -0.4 is 10.9 Å². The van der Waals surface area contributed by atoms with E-state index in [2.05, 4.69) is 10.4 Å². The number of hydrogen-bond acceptors (Lipinski definition) is 5. The first kappa shape index (κ1) is 20.1. The lowest BCUT2D eigenvalue weighted by Gasteiger charge is -2.32.